The lowest BCUT2D eigenvalue weighted by Crippen LogP contribution is -2.07. The number of thiocarbonyl (C=S) groups is 1. The van der Waals surface area contributed by atoms with Gasteiger partial charge < -0.3 is 0 Å². The van der Waals surface area contributed by atoms with Crippen molar-refractivity contribution in [2.24, 2.45) is 0 Å². The smallest absolute Gasteiger partial charge is 0.184 e. The highest BCUT2D eigenvalue weighted by atomic mass is 32.1. The van der Waals surface area contributed by atoms with E-state index >= 15 is 0 Å². The van der Waals surface area contributed by atoms with Crippen LogP contribution in [0.1, 0.15) is 67.5 Å². The third-order valence-electron chi connectivity index (χ3n) is 8.39. The second-order valence-electron chi connectivity index (χ2n) is 11.7. The SMILES string of the molecule is CCC(=S)c1ccc(C(=C2C=C(C)C(=O)C(C)=C2)c2ccc(C(=C3C=C(C)C(=O)C(C)=C3)c3ccc(-c4cccs4)cc3)s2)cc1. The predicted octanol–water partition coefficient (Wildman–Crippen LogP) is 11.2. The van der Waals surface area contributed by atoms with Crippen molar-refractivity contribution in [1.82, 2.24) is 0 Å². The van der Waals surface area contributed by atoms with Gasteiger partial charge in [0, 0.05) is 30.6 Å². The van der Waals surface area contributed by atoms with Crippen LogP contribution in [-0.4, -0.2) is 16.4 Å². The Kier molecular flexibility index (Phi) is 9.10. The van der Waals surface area contributed by atoms with Gasteiger partial charge in [-0.1, -0.05) is 73.7 Å². The van der Waals surface area contributed by atoms with Crippen LogP contribution in [0.25, 0.3) is 21.6 Å². The van der Waals surface area contributed by atoms with Gasteiger partial charge in [-0.25, -0.2) is 0 Å². The van der Waals surface area contributed by atoms with Crippen molar-refractivity contribution >= 4 is 62.5 Å². The molecule has 2 aromatic carbocycles. The number of carbonyl (C=O) groups excluding carboxylic acids is 2. The fraction of sp³-hybridized carbons (Fsp3) is 0.146. The van der Waals surface area contributed by atoms with Gasteiger partial charge in [0.25, 0.3) is 0 Å². The summed E-state index contributed by atoms with van der Waals surface area (Å²) in [5.74, 6) is 0.157. The van der Waals surface area contributed by atoms with E-state index in [2.05, 4.69) is 85.1 Å². The van der Waals surface area contributed by atoms with Crippen molar-refractivity contribution < 1.29 is 9.59 Å². The predicted molar refractivity (Wildman–Crippen MR) is 200 cm³/mol. The topological polar surface area (TPSA) is 34.1 Å². The van der Waals surface area contributed by atoms with Crippen LogP contribution < -0.4 is 0 Å². The summed E-state index contributed by atoms with van der Waals surface area (Å²) < 4.78 is 0. The molecule has 0 radical (unpaired) electrons. The van der Waals surface area contributed by atoms with Crippen molar-refractivity contribution in [3.05, 3.63) is 162 Å². The molecule has 0 bridgehead atoms. The minimum Gasteiger partial charge on any atom is -0.289 e. The Morgan fingerprint density at radius 1 is 0.609 bits per heavy atom. The lowest BCUT2D eigenvalue weighted by molar-refractivity contribution is -0.113. The summed E-state index contributed by atoms with van der Waals surface area (Å²) in [7, 11) is 0. The van der Waals surface area contributed by atoms with E-state index in [0.717, 1.165) is 82.3 Å². The number of benzene rings is 2. The molecule has 0 unspecified atom stereocenters. The van der Waals surface area contributed by atoms with Crippen LogP contribution in [-0.2, 0) is 9.59 Å². The summed E-state index contributed by atoms with van der Waals surface area (Å²) in [6, 6.07) is 25.7. The zero-order chi connectivity index (χ0) is 32.5. The van der Waals surface area contributed by atoms with Gasteiger partial charge in [-0.3, -0.25) is 9.59 Å². The lowest BCUT2D eigenvalue weighted by atomic mass is 9.89. The molecule has 4 aromatic rings. The maximum Gasteiger partial charge on any atom is 0.184 e. The van der Waals surface area contributed by atoms with Gasteiger partial charge in [-0.15, -0.1) is 22.7 Å². The molecule has 0 saturated heterocycles. The molecule has 2 heterocycles. The van der Waals surface area contributed by atoms with Gasteiger partial charge in [-0.2, -0.15) is 0 Å². The summed E-state index contributed by atoms with van der Waals surface area (Å²) in [6.07, 6.45) is 8.85. The summed E-state index contributed by atoms with van der Waals surface area (Å²) in [6.45, 7) is 9.62. The number of carbonyl (C=O) groups is 2. The largest absolute Gasteiger partial charge is 0.289 e. The molecule has 5 heteroatoms. The van der Waals surface area contributed by atoms with E-state index in [1.165, 1.54) is 10.4 Å². The molecular weight excluding hydrogens is 621 g/mol. The van der Waals surface area contributed by atoms with Crippen LogP contribution in [0.2, 0.25) is 0 Å². The summed E-state index contributed by atoms with van der Waals surface area (Å²) in [5, 5.41) is 2.09. The quantitative estimate of drug-likeness (QED) is 0.147. The highest BCUT2D eigenvalue weighted by Crippen LogP contribution is 2.41. The number of hydrogen-bond donors (Lipinski definition) is 0. The molecule has 0 N–H and O–H groups in total. The molecule has 0 spiro atoms. The summed E-state index contributed by atoms with van der Waals surface area (Å²) in [5.41, 5.74) is 11.5. The van der Waals surface area contributed by atoms with Crippen LogP contribution in [0, 0.1) is 0 Å². The van der Waals surface area contributed by atoms with Crippen molar-refractivity contribution in [1.29, 1.82) is 0 Å². The Bertz CT molecular complexity index is 2020. The molecule has 2 aliphatic rings. The van der Waals surface area contributed by atoms with E-state index in [4.69, 9.17) is 12.2 Å². The number of thiophene rings is 2. The third kappa shape index (κ3) is 6.23. The fourth-order valence-electron chi connectivity index (χ4n) is 5.97. The average Bonchev–Trinajstić information content (AvgIpc) is 3.77. The average molecular weight is 655 g/mol. The number of hydrogen-bond acceptors (Lipinski definition) is 5. The summed E-state index contributed by atoms with van der Waals surface area (Å²) in [4.78, 5) is 29.8. The molecule has 6 rings (SSSR count). The van der Waals surface area contributed by atoms with Crippen molar-refractivity contribution in [3.8, 4) is 10.4 Å². The van der Waals surface area contributed by atoms with Crippen molar-refractivity contribution in [2.45, 2.75) is 41.0 Å². The fourth-order valence-corrected chi connectivity index (χ4v) is 8.02. The number of Topliss-reactive ketones (excluding diaryl/α,β-unsaturated/α-hetero) is 2. The normalized spacial score (nSPS) is 14.9. The first-order chi connectivity index (χ1) is 22.1. The van der Waals surface area contributed by atoms with Gasteiger partial charge in [0.15, 0.2) is 11.6 Å². The molecule has 2 aliphatic carbocycles. The van der Waals surface area contributed by atoms with Gasteiger partial charge in [0.2, 0.25) is 0 Å². The monoisotopic (exact) mass is 654 g/mol. The Morgan fingerprint density at radius 2 is 1.04 bits per heavy atom. The summed E-state index contributed by atoms with van der Waals surface area (Å²) >= 11 is 9.04. The van der Waals surface area contributed by atoms with Gasteiger partial charge in [-0.05, 0) is 138 Å². The van der Waals surface area contributed by atoms with E-state index in [9.17, 15) is 9.59 Å². The van der Waals surface area contributed by atoms with Crippen LogP contribution >= 0.6 is 34.9 Å². The van der Waals surface area contributed by atoms with Crippen molar-refractivity contribution in [2.75, 3.05) is 0 Å². The first kappa shape index (κ1) is 31.7. The lowest BCUT2D eigenvalue weighted by Gasteiger charge is -2.17. The van der Waals surface area contributed by atoms with E-state index < -0.39 is 0 Å². The van der Waals surface area contributed by atoms with E-state index in [1.54, 1.807) is 22.7 Å². The van der Waals surface area contributed by atoms with E-state index in [0.29, 0.717) is 0 Å². The molecule has 2 nitrogen and oxygen atoms in total. The first-order valence-corrected chi connectivity index (χ1v) is 17.4. The highest BCUT2D eigenvalue weighted by molar-refractivity contribution is 7.80. The second-order valence-corrected chi connectivity index (χ2v) is 14.2. The van der Waals surface area contributed by atoms with Crippen LogP contribution in [0.3, 0.4) is 0 Å². The number of allylic oxidation sites excluding steroid dienone is 10. The first-order valence-electron chi connectivity index (χ1n) is 15.3. The molecule has 228 valence electrons. The molecular formula is C41H34O2S3. The third-order valence-corrected chi connectivity index (χ3v) is 11.0. The Balaban J connectivity index is 1.53. The molecule has 0 amide bonds. The van der Waals surface area contributed by atoms with Gasteiger partial charge in [0.05, 0.1) is 0 Å². The Labute approximate surface area is 284 Å². The molecule has 46 heavy (non-hydrogen) atoms. The molecule has 2 aromatic heterocycles. The maximum absolute atomic E-state index is 12.7. The second kappa shape index (κ2) is 13.2. The minimum absolute atomic E-state index is 0.0767. The highest BCUT2D eigenvalue weighted by Gasteiger charge is 2.22. The number of ketones is 2. The van der Waals surface area contributed by atoms with Crippen LogP contribution in [0.15, 0.2) is 136 Å². The van der Waals surface area contributed by atoms with E-state index in [1.807, 2.05) is 52.0 Å². The van der Waals surface area contributed by atoms with Gasteiger partial charge >= 0.3 is 0 Å². The molecule has 0 saturated carbocycles. The Morgan fingerprint density at radius 3 is 1.46 bits per heavy atom. The molecule has 0 aliphatic heterocycles. The Hall–Kier alpha value is -4.29. The van der Waals surface area contributed by atoms with Crippen LogP contribution in [0.4, 0.5) is 0 Å². The van der Waals surface area contributed by atoms with Crippen molar-refractivity contribution in [3.63, 3.8) is 0 Å². The maximum atomic E-state index is 12.7. The van der Waals surface area contributed by atoms with Gasteiger partial charge in [0.1, 0.15) is 0 Å². The minimum atomic E-state index is 0.0767. The molecule has 0 atom stereocenters. The zero-order valence-electron chi connectivity index (χ0n) is 26.6. The number of rotatable bonds is 7. The molecule has 0 fully saturated rings. The van der Waals surface area contributed by atoms with Crippen LogP contribution in [0.5, 0.6) is 0 Å². The zero-order valence-corrected chi connectivity index (χ0v) is 29.0. The van der Waals surface area contributed by atoms with E-state index in [-0.39, 0.29) is 11.6 Å². The standard InChI is InChI=1S/C41H34O2S3/c1-6-34(44)28-9-13-30(14-10-28)38(32-20-24(2)40(42)25(3)21-32)36-17-18-37(46-36)39(33-22-26(4)41(43)27(5)23-33)31-15-11-29(12-16-31)35-8-7-19-45-35/h7-23H,6H2,1-5H3.